The van der Waals surface area contributed by atoms with Gasteiger partial charge in [0.15, 0.2) is 0 Å². The van der Waals surface area contributed by atoms with Crippen LogP contribution in [0.3, 0.4) is 0 Å². The van der Waals surface area contributed by atoms with E-state index in [4.69, 9.17) is 15.2 Å². The van der Waals surface area contributed by atoms with Gasteiger partial charge in [0.25, 0.3) is 0 Å². The molecular formula is C28H37N3O5. The summed E-state index contributed by atoms with van der Waals surface area (Å²) in [4.78, 5) is 27.1. The van der Waals surface area contributed by atoms with Gasteiger partial charge in [-0.2, -0.15) is 0 Å². The fourth-order valence-corrected chi connectivity index (χ4v) is 4.92. The van der Waals surface area contributed by atoms with Crippen LogP contribution in [0.4, 0.5) is 9.59 Å². The first-order valence-electron chi connectivity index (χ1n) is 12.5. The SMILES string of the molecule is CN(CCOc1ccccc1-c1cccc(C[C@H]2[C@@H](N)C3(CC3)CN2C(=O)O)c1)C(=O)OC(C)(C)C. The molecule has 1 aliphatic carbocycles. The van der Waals surface area contributed by atoms with Crippen molar-refractivity contribution in [1.82, 2.24) is 9.80 Å². The van der Waals surface area contributed by atoms with E-state index in [2.05, 4.69) is 6.07 Å². The van der Waals surface area contributed by atoms with Crippen LogP contribution in [0.15, 0.2) is 48.5 Å². The minimum absolute atomic E-state index is 0.0342. The number of carboxylic acid groups (broad SMARTS) is 1. The quantitative estimate of drug-likeness (QED) is 0.581. The summed E-state index contributed by atoms with van der Waals surface area (Å²) in [5, 5.41) is 9.74. The average Bonchev–Trinajstić information content (AvgIpc) is 3.55. The number of carbonyl (C=O) groups excluding carboxylic acids is 1. The first-order valence-corrected chi connectivity index (χ1v) is 12.5. The van der Waals surface area contributed by atoms with E-state index >= 15 is 0 Å². The Balaban J connectivity index is 1.44. The molecule has 4 rings (SSSR count). The van der Waals surface area contributed by atoms with Crippen molar-refractivity contribution in [3.05, 3.63) is 54.1 Å². The van der Waals surface area contributed by atoms with Gasteiger partial charge in [-0.05, 0) is 57.2 Å². The van der Waals surface area contributed by atoms with E-state index in [1.807, 2.05) is 63.2 Å². The van der Waals surface area contributed by atoms with Crippen molar-refractivity contribution < 1.29 is 24.2 Å². The van der Waals surface area contributed by atoms with Crippen molar-refractivity contribution in [3.8, 4) is 16.9 Å². The predicted molar refractivity (Wildman–Crippen MR) is 138 cm³/mol. The smallest absolute Gasteiger partial charge is 0.410 e. The Kier molecular flexibility index (Phi) is 7.18. The van der Waals surface area contributed by atoms with Crippen molar-refractivity contribution in [2.45, 2.75) is 57.7 Å². The Morgan fingerprint density at radius 1 is 1.17 bits per heavy atom. The molecule has 2 aromatic carbocycles. The lowest BCUT2D eigenvalue weighted by Gasteiger charge is -2.25. The summed E-state index contributed by atoms with van der Waals surface area (Å²) < 4.78 is 11.5. The second-order valence-corrected chi connectivity index (χ2v) is 11.0. The maximum Gasteiger partial charge on any atom is 0.410 e. The standard InChI is InChI=1S/C28H37N3O5/c1-27(2,3)36-26(34)30(4)14-15-35-23-11-6-5-10-21(23)20-9-7-8-19(16-20)17-22-24(29)28(12-13-28)18-31(22)25(32)33/h5-11,16,22,24H,12-15,17-18,29H2,1-4H3,(H,32,33)/t22-,24+/m0/s1. The molecule has 194 valence electrons. The summed E-state index contributed by atoms with van der Waals surface area (Å²) >= 11 is 0. The van der Waals surface area contributed by atoms with Crippen LogP contribution in [0, 0.1) is 5.41 Å². The van der Waals surface area contributed by atoms with Crippen LogP contribution >= 0.6 is 0 Å². The van der Waals surface area contributed by atoms with Gasteiger partial charge in [-0.15, -0.1) is 0 Å². The molecule has 0 aromatic heterocycles. The normalized spacial score (nSPS) is 20.3. The van der Waals surface area contributed by atoms with Crippen LogP contribution in [-0.4, -0.2) is 71.5 Å². The Morgan fingerprint density at radius 2 is 1.89 bits per heavy atom. The van der Waals surface area contributed by atoms with Crippen LogP contribution in [-0.2, 0) is 11.2 Å². The zero-order chi connectivity index (χ0) is 26.1. The van der Waals surface area contributed by atoms with Crippen molar-refractivity contribution in [2.24, 2.45) is 11.1 Å². The van der Waals surface area contributed by atoms with Crippen molar-refractivity contribution in [1.29, 1.82) is 0 Å². The second kappa shape index (κ2) is 10.0. The largest absolute Gasteiger partial charge is 0.491 e. The van der Waals surface area contributed by atoms with Gasteiger partial charge >= 0.3 is 12.2 Å². The van der Waals surface area contributed by atoms with Gasteiger partial charge in [0.05, 0.1) is 12.6 Å². The molecule has 2 aliphatic rings. The molecule has 2 fully saturated rings. The molecule has 1 heterocycles. The summed E-state index contributed by atoms with van der Waals surface area (Å²) in [5.41, 5.74) is 8.91. The summed E-state index contributed by atoms with van der Waals surface area (Å²) in [7, 11) is 1.69. The molecule has 0 bridgehead atoms. The monoisotopic (exact) mass is 495 g/mol. The summed E-state index contributed by atoms with van der Waals surface area (Å²) in [5.74, 6) is 0.717. The van der Waals surface area contributed by atoms with E-state index < -0.39 is 11.7 Å². The van der Waals surface area contributed by atoms with E-state index in [1.54, 1.807) is 7.05 Å². The van der Waals surface area contributed by atoms with Crippen LogP contribution in [0.2, 0.25) is 0 Å². The highest BCUT2D eigenvalue weighted by atomic mass is 16.6. The molecule has 8 nitrogen and oxygen atoms in total. The van der Waals surface area contributed by atoms with Crippen LogP contribution in [0.1, 0.15) is 39.2 Å². The molecule has 1 aliphatic heterocycles. The van der Waals surface area contributed by atoms with Crippen LogP contribution in [0.5, 0.6) is 5.75 Å². The molecular weight excluding hydrogens is 458 g/mol. The summed E-state index contributed by atoms with van der Waals surface area (Å²) in [6, 6.07) is 15.5. The maximum absolute atomic E-state index is 12.2. The molecule has 1 saturated heterocycles. The second-order valence-electron chi connectivity index (χ2n) is 11.0. The number of nitrogens with zero attached hydrogens (tertiary/aromatic N) is 2. The first kappa shape index (κ1) is 25.8. The number of rotatable bonds is 7. The van der Waals surface area contributed by atoms with Gasteiger partial charge in [0.2, 0.25) is 0 Å². The lowest BCUT2D eigenvalue weighted by molar-refractivity contribution is 0.0278. The number of nitrogens with two attached hydrogens (primary N) is 1. The highest BCUT2D eigenvalue weighted by molar-refractivity contribution is 5.71. The fourth-order valence-electron chi connectivity index (χ4n) is 4.92. The van der Waals surface area contributed by atoms with Crippen molar-refractivity contribution in [2.75, 3.05) is 26.7 Å². The van der Waals surface area contributed by atoms with Crippen molar-refractivity contribution in [3.63, 3.8) is 0 Å². The lowest BCUT2D eigenvalue weighted by Crippen LogP contribution is -2.44. The molecule has 2 atom stereocenters. The maximum atomic E-state index is 12.2. The topological polar surface area (TPSA) is 105 Å². The molecule has 3 N–H and O–H groups in total. The molecule has 1 saturated carbocycles. The third kappa shape index (κ3) is 5.75. The molecule has 0 unspecified atom stereocenters. The third-order valence-electron chi connectivity index (χ3n) is 7.10. The van der Waals surface area contributed by atoms with Gasteiger partial charge in [-0.1, -0.05) is 42.5 Å². The minimum Gasteiger partial charge on any atom is -0.491 e. The fraction of sp³-hybridized carbons (Fsp3) is 0.500. The van der Waals surface area contributed by atoms with Crippen LogP contribution < -0.4 is 10.5 Å². The Bertz CT molecular complexity index is 1110. The minimum atomic E-state index is -0.898. The number of likely N-dealkylation sites (N-methyl/N-ethyl adjacent to an activating group) is 1. The number of hydrogen-bond donors (Lipinski definition) is 2. The number of carbonyl (C=O) groups is 2. The van der Waals surface area contributed by atoms with E-state index in [0.717, 1.165) is 29.5 Å². The zero-order valence-electron chi connectivity index (χ0n) is 21.6. The molecule has 2 amide bonds. The highest BCUT2D eigenvalue weighted by Crippen LogP contribution is 2.54. The average molecular weight is 496 g/mol. The summed E-state index contributed by atoms with van der Waals surface area (Å²) in [6.07, 6.45) is 1.29. The van der Waals surface area contributed by atoms with Crippen molar-refractivity contribution >= 4 is 12.2 Å². The highest BCUT2D eigenvalue weighted by Gasteiger charge is 2.59. The third-order valence-corrected chi connectivity index (χ3v) is 7.10. The van der Waals surface area contributed by atoms with Gasteiger partial charge in [0, 0.05) is 30.6 Å². The van der Waals surface area contributed by atoms with E-state index in [1.165, 1.54) is 9.80 Å². The van der Waals surface area contributed by atoms with E-state index in [0.29, 0.717) is 31.9 Å². The van der Waals surface area contributed by atoms with E-state index in [-0.39, 0.29) is 23.6 Å². The van der Waals surface area contributed by atoms with Gasteiger partial charge in [0.1, 0.15) is 18.0 Å². The predicted octanol–water partition coefficient (Wildman–Crippen LogP) is 4.61. The number of amides is 2. The van der Waals surface area contributed by atoms with E-state index in [9.17, 15) is 14.7 Å². The number of likely N-dealkylation sites (tertiary alicyclic amines) is 1. The van der Waals surface area contributed by atoms with Gasteiger partial charge in [-0.25, -0.2) is 9.59 Å². The molecule has 8 heteroatoms. The molecule has 2 aromatic rings. The zero-order valence-corrected chi connectivity index (χ0v) is 21.6. The number of benzene rings is 2. The number of ether oxygens (including phenoxy) is 2. The van der Waals surface area contributed by atoms with Crippen LogP contribution in [0.25, 0.3) is 11.1 Å². The molecule has 0 radical (unpaired) electrons. The Hall–Kier alpha value is -3.26. The van der Waals surface area contributed by atoms with Gasteiger partial charge in [-0.3, -0.25) is 0 Å². The lowest BCUT2D eigenvalue weighted by atomic mass is 9.92. The Morgan fingerprint density at radius 3 is 2.56 bits per heavy atom. The number of para-hydroxylation sites is 1. The summed E-state index contributed by atoms with van der Waals surface area (Å²) in [6.45, 7) is 6.74. The molecule has 1 spiro atoms. The van der Waals surface area contributed by atoms with Gasteiger partial charge < -0.3 is 30.1 Å². The molecule has 36 heavy (non-hydrogen) atoms. The number of hydrogen-bond acceptors (Lipinski definition) is 5. The Labute approximate surface area is 213 Å². The first-order chi connectivity index (χ1) is 17.0.